The van der Waals surface area contributed by atoms with E-state index < -0.39 is 40.9 Å². The van der Waals surface area contributed by atoms with Crippen LogP contribution in [0.5, 0.6) is 11.5 Å². The third-order valence-electron chi connectivity index (χ3n) is 6.71. The molecule has 2 aromatic rings. The van der Waals surface area contributed by atoms with E-state index in [4.69, 9.17) is 31.3 Å². The summed E-state index contributed by atoms with van der Waals surface area (Å²) in [7, 11) is 3.01. The van der Waals surface area contributed by atoms with Crippen LogP contribution in [0.1, 0.15) is 36.0 Å². The lowest BCUT2D eigenvalue weighted by atomic mass is 9.88. The number of benzene rings is 2. The van der Waals surface area contributed by atoms with Crippen LogP contribution in [0.3, 0.4) is 0 Å². The molecule has 228 valence electrons. The molecule has 42 heavy (non-hydrogen) atoms. The van der Waals surface area contributed by atoms with Gasteiger partial charge in [-0.25, -0.2) is 4.79 Å². The minimum absolute atomic E-state index is 0.0396. The van der Waals surface area contributed by atoms with E-state index in [2.05, 4.69) is 15.8 Å². The number of hydrogen-bond acceptors (Lipinski definition) is 7. The number of nitrogens with zero attached hydrogens (tertiary/aromatic N) is 2. The van der Waals surface area contributed by atoms with Gasteiger partial charge in [0.25, 0.3) is 0 Å². The van der Waals surface area contributed by atoms with Gasteiger partial charge in [0.2, 0.25) is 5.90 Å². The molecule has 16 heteroatoms. The maximum absolute atomic E-state index is 13.2. The molecule has 9 nitrogen and oxygen atoms in total. The molecule has 0 aliphatic carbocycles. The highest BCUT2D eigenvalue weighted by Crippen LogP contribution is 2.38. The number of piperidine rings is 1. The van der Waals surface area contributed by atoms with Gasteiger partial charge in [-0.05, 0) is 48.1 Å². The van der Waals surface area contributed by atoms with E-state index in [1.54, 1.807) is 23.1 Å². The first-order valence-corrected chi connectivity index (χ1v) is 12.9. The molecule has 0 unspecified atom stereocenters. The number of alkyl halides is 6. The number of anilines is 1. The van der Waals surface area contributed by atoms with Crippen LogP contribution in [-0.2, 0) is 28.5 Å². The molecule has 1 saturated heterocycles. The largest absolute Gasteiger partial charge is 0.493 e. The zero-order chi connectivity index (χ0) is 30.7. The lowest BCUT2D eigenvalue weighted by Gasteiger charge is -2.38. The summed E-state index contributed by atoms with van der Waals surface area (Å²) in [6, 6.07) is 6.35. The fraction of sp³-hybridized carbons (Fsp3) is 0.423. The standard InChI is InChI=1S/C26H26F6N4O5S/c1-38-19-4-3-15(9-20(19)39-2)14-33-23(37)40-21-13-24(41-35-21)5-7-36(8-6-24)22(42)34-18-11-16(25(27,28)29)10-17(12-18)26(30,31)32/h3-4,9-12H,5-8,13-14H2,1-2H3,(H,33,37)(H,34,42). The molecule has 2 aliphatic rings. The lowest BCUT2D eigenvalue weighted by molar-refractivity contribution is -0.143. The van der Waals surface area contributed by atoms with Gasteiger partial charge < -0.3 is 34.6 Å². The Labute approximate surface area is 241 Å². The SMILES string of the molecule is COc1ccc(CNC(=O)OC2=NOC3(CCN(C(=S)Nc4cc(C(F)(F)F)cc(C(F)(F)F)c4)CC3)C2)cc1OC. The van der Waals surface area contributed by atoms with Crippen LogP contribution < -0.4 is 20.1 Å². The average Bonchev–Trinajstić information content (AvgIpc) is 3.32. The highest BCUT2D eigenvalue weighted by atomic mass is 32.1. The normalized spacial score (nSPS) is 16.4. The second-order valence-corrected chi connectivity index (χ2v) is 9.97. The quantitative estimate of drug-likeness (QED) is 0.314. The van der Waals surface area contributed by atoms with E-state index in [0.717, 1.165) is 5.56 Å². The number of hydrogen-bond donors (Lipinski definition) is 2. The van der Waals surface area contributed by atoms with Crippen molar-refractivity contribution in [2.45, 2.75) is 43.8 Å². The molecule has 2 aliphatic heterocycles. The summed E-state index contributed by atoms with van der Waals surface area (Å²) in [6.45, 7) is 0.685. The number of likely N-dealkylation sites (tertiary alicyclic amines) is 1. The smallest absolute Gasteiger partial charge is 0.416 e. The number of thiocarbonyl (C=S) groups is 1. The zero-order valence-electron chi connectivity index (χ0n) is 22.3. The summed E-state index contributed by atoms with van der Waals surface area (Å²) < 4.78 is 94.8. The number of carbonyl (C=O) groups excluding carboxylic acids is 1. The highest BCUT2D eigenvalue weighted by Gasteiger charge is 2.44. The second-order valence-electron chi connectivity index (χ2n) is 9.58. The third-order valence-corrected chi connectivity index (χ3v) is 7.07. The molecule has 1 amide bonds. The van der Waals surface area contributed by atoms with Gasteiger partial charge in [-0.15, -0.1) is 0 Å². The fourth-order valence-corrected chi connectivity index (χ4v) is 4.77. The first kappa shape index (κ1) is 31.0. The van der Waals surface area contributed by atoms with Crippen LogP contribution >= 0.6 is 12.2 Å². The van der Waals surface area contributed by atoms with Crippen molar-refractivity contribution >= 4 is 35.0 Å². The Morgan fingerprint density at radius 2 is 1.62 bits per heavy atom. The number of amides is 1. The summed E-state index contributed by atoms with van der Waals surface area (Å²) in [5.41, 5.74) is -3.38. The van der Waals surface area contributed by atoms with Gasteiger partial charge >= 0.3 is 18.4 Å². The van der Waals surface area contributed by atoms with E-state index in [1.165, 1.54) is 14.2 Å². The van der Waals surface area contributed by atoms with Gasteiger partial charge in [-0.1, -0.05) is 11.2 Å². The molecule has 0 bridgehead atoms. The Balaban J connectivity index is 1.28. The first-order chi connectivity index (χ1) is 19.7. The molecule has 0 saturated carbocycles. The summed E-state index contributed by atoms with van der Waals surface area (Å²) in [5, 5.41) is 8.93. The van der Waals surface area contributed by atoms with Crippen molar-refractivity contribution < 1.29 is 50.2 Å². The molecule has 1 spiro atoms. The Morgan fingerprint density at radius 1 is 1.00 bits per heavy atom. The molecule has 0 aromatic heterocycles. The van der Waals surface area contributed by atoms with E-state index >= 15 is 0 Å². The molecule has 2 N–H and O–H groups in total. The topological polar surface area (TPSA) is 93.7 Å². The predicted molar refractivity (Wildman–Crippen MR) is 142 cm³/mol. The minimum Gasteiger partial charge on any atom is -0.493 e. The van der Waals surface area contributed by atoms with Crippen LogP contribution in [0.2, 0.25) is 0 Å². The summed E-state index contributed by atoms with van der Waals surface area (Å²) >= 11 is 5.26. The molecular weight excluding hydrogens is 594 g/mol. The number of halogens is 6. The second kappa shape index (κ2) is 12.1. The van der Waals surface area contributed by atoms with Crippen molar-refractivity contribution in [1.82, 2.24) is 10.2 Å². The van der Waals surface area contributed by atoms with Gasteiger partial charge in [0.15, 0.2) is 16.6 Å². The maximum Gasteiger partial charge on any atom is 0.416 e. The van der Waals surface area contributed by atoms with Gasteiger partial charge in [0.1, 0.15) is 5.60 Å². The number of methoxy groups -OCH3 is 2. The monoisotopic (exact) mass is 620 g/mol. The van der Waals surface area contributed by atoms with E-state index in [9.17, 15) is 31.1 Å². The summed E-state index contributed by atoms with van der Waals surface area (Å²) in [5.74, 6) is 1.11. The van der Waals surface area contributed by atoms with Crippen molar-refractivity contribution in [3.05, 3.63) is 53.1 Å². The summed E-state index contributed by atoms with van der Waals surface area (Å²) in [6.07, 6.45) is -9.80. The molecular formula is C26H26F6N4O5S. The maximum atomic E-state index is 13.2. The molecule has 0 atom stereocenters. The molecule has 2 aromatic carbocycles. The minimum atomic E-state index is -4.98. The van der Waals surface area contributed by atoms with Crippen molar-refractivity contribution in [3.63, 3.8) is 0 Å². The van der Waals surface area contributed by atoms with E-state index in [-0.39, 0.29) is 43.1 Å². The third kappa shape index (κ3) is 7.46. The Bertz CT molecular complexity index is 1330. The van der Waals surface area contributed by atoms with Crippen molar-refractivity contribution in [3.8, 4) is 11.5 Å². The fourth-order valence-electron chi connectivity index (χ4n) is 4.47. The first-order valence-electron chi connectivity index (χ1n) is 12.5. The number of alkyl carbamates (subject to hydrolysis) is 1. The molecule has 1 fully saturated rings. The predicted octanol–water partition coefficient (Wildman–Crippen LogP) is 5.93. The van der Waals surface area contributed by atoms with Gasteiger partial charge in [0.05, 0.1) is 31.8 Å². The number of rotatable bonds is 5. The van der Waals surface area contributed by atoms with Crippen molar-refractivity contribution in [1.29, 1.82) is 0 Å². The van der Waals surface area contributed by atoms with Crippen LogP contribution in [0, 0.1) is 0 Å². The number of oxime groups is 1. The van der Waals surface area contributed by atoms with E-state index in [0.29, 0.717) is 36.5 Å². The molecule has 4 rings (SSSR count). The van der Waals surface area contributed by atoms with Crippen LogP contribution in [0.25, 0.3) is 0 Å². The van der Waals surface area contributed by atoms with Crippen LogP contribution in [-0.4, -0.2) is 54.9 Å². The number of nitrogens with one attached hydrogen (secondary N) is 2. The Morgan fingerprint density at radius 3 is 2.19 bits per heavy atom. The lowest BCUT2D eigenvalue weighted by Crippen LogP contribution is -2.48. The number of ether oxygens (including phenoxy) is 3. The van der Waals surface area contributed by atoms with Crippen molar-refractivity contribution in [2.24, 2.45) is 5.16 Å². The van der Waals surface area contributed by atoms with Gasteiger partial charge in [-0.2, -0.15) is 26.3 Å². The summed E-state index contributed by atoms with van der Waals surface area (Å²) in [4.78, 5) is 19.5. The van der Waals surface area contributed by atoms with Crippen LogP contribution in [0.4, 0.5) is 36.8 Å². The molecule has 0 radical (unpaired) electrons. The van der Waals surface area contributed by atoms with E-state index in [1.807, 2.05) is 0 Å². The zero-order valence-corrected chi connectivity index (χ0v) is 23.1. The highest BCUT2D eigenvalue weighted by molar-refractivity contribution is 7.80. The molecule has 2 heterocycles. The van der Waals surface area contributed by atoms with Gasteiger partial charge in [0, 0.05) is 38.2 Å². The Hall–Kier alpha value is -3.95. The van der Waals surface area contributed by atoms with Crippen LogP contribution in [0.15, 0.2) is 41.6 Å². The van der Waals surface area contributed by atoms with Gasteiger partial charge in [-0.3, -0.25) is 0 Å². The Kier molecular flexibility index (Phi) is 8.94. The number of carbonyl (C=O) groups is 1. The van der Waals surface area contributed by atoms with Crippen molar-refractivity contribution in [2.75, 3.05) is 32.6 Å². The average molecular weight is 621 g/mol.